The fraction of sp³-hybridized carbons (Fsp3) is 0.364. The zero-order valence-electron chi connectivity index (χ0n) is 8.45. The summed E-state index contributed by atoms with van der Waals surface area (Å²) in [5.41, 5.74) is 0. The van der Waals surface area contributed by atoms with Gasteiger partial charge >= 0.3 is 5.97 Å². The number of carbonyl (C=O) groups is 1. The minimum absolute atomic E-state index is 0.322. The fourth-order valence-electron chi connectivity index (χ4n) is 1.01. The van der Waals surface area contributed by atoms with E-state index in [0.29, 0.717) is 12.4 Å². The molecule has 0 aliphatic heterocycles. The summed E-state index contributed by atoms with van der Waals surface area (Å²) < 4.78 is 10.3. The summed E-state index contributed by atoms with van der Waals surface area (Å²) in [7, 11) is 0. The molecular formula is C11H14O3. The van der Waals surface area contributed by atoms with Gasteiger partial charge in [-0.1, -0.05) is 13.0 Å². The Morgan fingerprint density at radius 3 is 2.71 bits per heavy atom. The van der Waals surface area contributed by atoms with Gasteiger partial charge in [0.15, 0.2) is 0 Å². The molecular weight excluding hydrogens is 180 g/mol. The molecule has 0 spiro atoms. The van der Waals surface area contributed by atoms with Crippen LogP contribution in [0.2, 0.25) is 0 Å². The van der Waals surface area contributed by atoms with Gasteiger partial charge in [0, 0.05) is 13.0 Å². The highest BCUT2D eigenvalue weighted by atomic mass is 16.5. The van der Waals surface area contributed by atoms with E-state index in [1.54, 1.807) is 18.2 Å². The zero-order chi connectivity index (χ0) is 10.4. The number of hydrogen-bond acceptors (Lipinski definition) is 3. The summed E-state index contributed by atoms with van der Waals surface area (Å²) in [6.45, 7) is 4.08. The molecule has 0 fully saturated rings. The normalized spacial score (nSPS) is 9.57. The number of esters is 1. The van der Waals surface area contributed by atoms with Crippen molar-refractivity contribution < 1.29 is 14.3 Å². The van der Waals surface area contributed by atoms with Crippen LogP contribution in [0, 0.1) is 0 Å². The van der Waals surface area contributed by atoms with Crippen molar-refractivity contribution in [3.63, 3.8) is 0 Å². The molecule has 0 saturated carbocycles. The number of ether oxygens (including phenoxy) is 2. The predicted octanol–water partition coefficient (Wildman–Crippen LogP) is 2.40. The van der Waals surface area contributed by atoms with Crippen LogP contribution in [0.3, 0.4) is 0 Å². The van der Waals surface area contributed by atoms with Crippen molar-refractivity contribution in [3.8, 4) is 11.5 Å². The maximum atomic E-state index is 10.7. The lowest BCUT2D eigenvalue weighted by atomic mass is 10.3. The fourth-order valence-corrected chi connectivity index (χ4v) is 1.01. The SMILES string of the molecule is CCCOc1cccc(OC(C)=O)c1. The van der Waals surface area contributed by atoms with Gasteiger partial charge in [-0.05, 0) is 18.6 Å². The summed E-state index contributed by atoms with van der Waals surface area (Å²) in [6.07, 6.45) is 0.956. The lowest BCUT2D eigenvalue weighted by molar-refractivity contribution is -0.131. The standard InChI is InChI=1S/C11H14O3/c1-3-7-13-10-5-4-6-11(8-10)14-9(2)12/h4-6,8H,3,7H2,1-2H3. The largest absolute Gasteiger partial charge is 0.493 e. The van der Waals surface area contributed by atoms with Crippen molar-refractivity contribution in [1.82, 2.24) is 0 Å². The third-order valence-electron chi connectivity index (χ3n) is 1.54. The van der Waals surface area contributed by atoms with Crippen LogP contribution in [0.1, 0.15) is 20.3 Å². The van der Waals surface area contributed by atoms with E-state index < -0.39 is 0 Å². The first kappa shape index (κ1) is 10.6. The van der Waals surface area contributed by atoms with Crippen LogP contribution in [0.25, 0.3) is 0 Å². The molecule has 0 radical (unpaired) electrons. The smallest absolute Gasteiger partial charge is 0.308 e. The van der Waals surface area contributed by atoms with E-state index >= 15 is 0 Å². The molecule has 0 unspecified atom stereocenters. The Morgan fingerprint density at radius 1 is 1.36 bits per heavy atom. The Balaban J connectivity index is 2.63. The maximum Gasteiger partial charge on any atom is 0.308 e. The second-order valence-corrected chi connectivity index (χ2v) is 2.92. The van der Waals surface area contributed by atoms with Crippen molar-refractivity contribution >= 4 is 5.97 Å². The van der Waals surface area contributed by atoms with Crippen LogP contribution >= 0.6 is 0 Å². The van der Waals surface area contributed by atoms with Gasteiger partial charge in [-0.3, -0.25) is 4.79 Å². The minimum atomic E-state index is -0.322. The second kappa shape index (κ2) is 5.27. The summed E-state index contributed by atoms with van der Waals surface area (Å²) in [5.74, 6) is 0.925. The summed E-state index contributed by atoms with van der Waals surface area (Å²) >= 11 is 0. The molecule has 14 heavy (non-hydrogen) atoms. The molecule has 0 heterocycles. The van der Waals surface area contributed by atoms with Crippen LogP contribution in [-0.4, -0.2) is 12.6 Å². The highest BCUT2D eigenvalue weighted by Gasteiger charge is 1.99. The highest BCUT2D eigenvalue weighted by Crippen LogP contribution is 2.19. The molecule has 3 heteroatoms. The van der Waals surface area contributed by atoms with Gasteiger partial charge in [-0.2, -0.15) is 0 Å². The molecule has 1 aromatic rings. The average Bonchev–Trinajstić information content (AvgIpc) is 2.14. The molecule has 1 rings (SSSR count). The van der Waals surface area contributed by atoms with Gasteiger partial charge in [-0.25, -0.2) is 0 Å². The predicted molar refractivity (Wildman–Crippen MR) is 53.5 cm³/mol. The lowest BCUT2D eigenvalue weighted by Crippen LogP contribution is -2.01. The first-order valence-corrected chi connectivity index (χ1v) is 4.63. The molecule has 0 aromatic heterocycles. The number of hydrogen-bond donors (Lipinski definition) is 0. The van der Waals surface area contributed by atoms with Crippen molar-refractivity contribution in [2.45, 2.75) is 20.3 Å². The molecule has 0 atom stereocenters. The Hall–Kier alpha value is -1.51. The molecule has 1 aromatic carbocycles. The number of carbonyl (C=O) groups excluding carboxylic acids is 1. The van der Waals surface area contributed by atoms with Gasteiger partial charge in [0.1, 0.15) is 11.5 Å². The molecule has 0 bridgehead atoms. The Kier molecular flexibility index (Phi) is 3.98. The van der Waals surface area contributed by atoms with Gasteiger partial charge in [0.25, 0.3) is 0 Å². The van der Waals surface area contributed by atoms with E-state index in [2.05, 4.69) is 0 Å². The summed E-state index contributed by atoms with van der Waals surface area (Å²) in [4.78, 5) is 10.7. The maximum absolute atomic E-state index is 10.7. The minimum Gasteiger partial charge on any atom is -0.493 e. The molecule has 0 saturated heterocycles. The van der Waals surface area contributed by atoms with Crippen LogP contribution in [0.15, 0.2) is 24.3 Å². The zero-order valence-corrected chi connectivity index (χ0v) is 8.45. The first-order chi connectivity index (χ1) is 6.72. The van der Waals surface area contributed by atoms with Crippen LogP contribution in [0.5, 0.6) is 11.5 Å². The quantitative estimate of drug-likeness (QED) is 0.545. The van der Waals surface area contributed by atoms with Crippen molar-refractivity contribution in [2.75, 3.05) is 6.61 Å². The topological polar surface area (TPSA) is 35.5 Å². The van der Waals surface area contributed by atoms with Crippen LogP contribution in [-0.2, 0) is 4.79 Å². The number of rotatable bonds is 4. The molecule has 0 N–H and O–H groups in total. The Labute approximate surface area is 83.6 Å². The monoisotopic (exact) mass is 194 g/mol. The summed E-state index contributed by atoms with van der Waals surface area (Å²) in [6, 6.07) is 7.06. The van der Waals surface area contributed by atoms with E-state index in [4.69, 9.17) is 9.47 Å². The van der Waals surface area contributed by atoms with Crippen molar-refractivity contribution in [1.29, 1.82) is 0 Å². The van der Waals surface area contributed by atoms with E-state index in [0.717, 1.165) is 12.2 Å². The van der Waals surface area contributed by atoms with Crippen LogP contribution in [0.4, 0.5) is 0 Å². The van der Waals surface area contributed by atoms with Gasteiger partial charge < -0.3 is 9.47 Å². The van der Waals surface area contributed by atoms with Crippen LogP contribution < -0.4 is 9.47 Å². The van der Waals surface area contributed by atoms with Gasteiger partial charge in [0.2, 0.25) is 0 Å². The van der Waals surface area contributed by atoms with Gasteiger partial charge in [0.05, 0.1) is 6.61 Å². The molecule has 0 aliphatic carbocycles. The third-order valence-corrected chi connectivity index (χ3v) is 1.54. The average molecular weight is 194 g/mol. The Morgan fingerprint density at radius 2 is 2.07 bits per heavy atom. The van der Waals surface area contributed by atoms with E-state index in [1.807, 2.05) is 13.0 Å². The second-order valence-electron chi connectivity index (χ2n) is 2.92. The molecule has 0 amide bonds. The van der Waals surface area contributed by atoms with Crippen molar-refractivity contribution in [3.05, 3.63) is 24.3 Å². The summed E-state index contributed by atoms with van der Waals surface area (Å²) in [5, 5.41) is 0. The van der Waals surface area contributed by atoms with Crippen molar-refractivity contribution in [2.24, 2.45) is 0 Å². The van der Waals surface area contributed by atoms with E-state index in [1.165, 1.54) is 6.92 Å². The first-order valence-electron chi connectivity index (χ1n) is 4.63. The molecule has 3 nitrogen and oxygen atoms in total. The van der Waals surface area contributed by atoms with E-state index in [-0.39, 0.29) is 5.97 Å². The molecule has 76 valence electrons. The van der Waals surface area contributed by atoms with E-state index in [9.17, 15) is 4.79 Å². The Bertz CT molecular complexity index is 307. The molecule has 0 aliphatic rings. The van der Waals surface area contributed by atoms with Gasteiger partial charge in [-0.15, -0.1) is 0 Å². The highest BCUT2D eigenvalue weighted by molar-refractivity contribution is 5.69. The number of benzene rings is 1. The third kappa shape index (κ3) is 3.47. The lowest BCUT2D eigenvalue weighted by Gasteiger charge is -2.06.